The van der Waals surface area contributed by atoms with Crippen molar-refractivity contribution in [2.45, 2.75) is 0 Å². The van der Waals surface area contributed by atoms with Gasteiger partial charge in [0.15, 0.2) is 5.71 Å². The van der Waals surface area contributed by atoms with Crippen LogP contribution in [0.25, 0.3) is 0 Å². The zero-order valence-electron chi connectivity index (χ0n) is 10.4. The van der Waals surface area contributed by atoms with E-state index in [-0.39, 0.29) is 11.5 Å². The lowest BCUT2D eigenvalue weighted by molar-refractivity contribution is 0.106. The van der Waals surface area contributed by atoms with E-state index in [1.54, 1.807) is 55.6 Å². The lowest BCUT2D eigenvalue weighted by atomic mass is 10.0. The summed E-state index contributed by atoms with van der Waals surface area (Å²) in [4.78, 5) is 12.2. The first kappa shape index (κ1) is 12.8. The quantitative estimate of drug-likeness (QED) is 0.395. The van der Waals surface area contributed by atoms with E-state index >= 15 is 0 Å². The zero-order valence-corrected chi connectivity index (χ0v) is 10.4. The Hall–Kier alpha value is -2.62. The van der Waals surface area contributed by atoms with Gasteiger partial charge in [-0.25, -0.2) is 0 Å². The minimum atomic E-state index is -0.337. The fourth-order valence-electron chi connectivity index (χ4n) is 1.71. The average molecular weight is 255 g/mol. The number of carbonyl (C=O) groups is 1. The molecule has 96 valence electrons. The van der Waals surface area contributed by atoms with Gasteiger partial charge in [-0.05, 0) is 24.3 Å². The lowest BCUT2D eigenvalue weighted by Gasteiger charge is -2.05. The van der Waals surface area contributed by atoms with Crippen molar-refractivity contribution < 1.29 is 14.7 Å². The molecule has 1 N–H and O–H groups in total. The first-order valence-corrected chi connectivity index (χ1v) is 5.72. The normalized spacial score (nSPS) is 11.1. The second-order valence-corrected chi connectivity index (χ2v) is 3.87. The Bertz CT molecular complexity index is 589. The van der Waals surface area contributed by atoms with E-state index in [2.05, 4.69) is 5.16 Å². The Balaban J connectivity index is 2.31. The molecule has 0 atom stereocenters. The van der Waals surface area contributed by atoms with E-state index in [9.17, 15) is 4.79 Å². The summed E-state index contributed by atoms with van der Waals surface area (Å²) < 4.78 is 5.03. The second-order valence-electron chi connectivity index (χ2n) is 3.87. The van der Waals surface area contributed by atoms with Crippen LogP contribution in [0.2, 0.25) is 0 Å². The molecule has 0 saturated heterocycles. The van der Waals surface area contributed by atoms with Crippen molar-refractivity contribution in [2.24, 2.45) is 5.16 Å². The van der Waals surface area contributed by atoms with Crippen molar-refractivity contribution in [3.63, 3.8) is 0 Å². The summed E-state index contributed by atoms with van der Waals surface area (Å²) in [6, 6.07) is 15.5. The summed E-state index contributed by atoms with van der Waals surface area (Å²) in [6.07, 6.45) is 0. The van der Waals surface area contributed by atoms with Crippen LogP contribution in [-0.2, 0) is 0 Å². The minimum Gasteiger partial charge on any atom is -0.497 e. The van der Waals surface area contributed by atoms with Gasteiger partial charge in [-0.2, -0.15) is 0 Å². The molecule has 4 heteroatoms. The molecule has 0 aliphatic carbocycles. The van der Waals surface area contributed by atoms with Gasteiger partial charge in [-0.15, -0.1) is 0 Å². The van der Waals surface area contributed by atoms with Gasteiger partial charge in [-0.3, -0.25) is 4.79 Å². The van der Waals surface area contributed by atoms with Gasteiger partial charge >= 0.3 is 0 Å². The van der Waals surface area contributed by atoms with E-state index in [1.807, 2.05) is 6.07 Å². The van der Waals surface area contributed by atoms with E-state index < -0.39 is 0 Å². The number of oxime groups is 1. The van der Waals surface area contributed by atoms with Crippen LogP contribution in [0.5, 0.6) is 5.75 Å². The number of ether oxygens (including phenoxy) is 1. The summed E-state index contributed by atoms with van der Waals surface area (Å²) in [5, 5.41) is 12.2. The Morgan fingerprint density at radius 3 is 2.16 bits per heavy atom. The molecule has 0 unspecified atom stereocenters. The van der Waals surface area contributed by atoms with Crippen molar-refractivity contribution in [1.82, 2.24) is 0 Å². The van der Waals surface area contributed by atoms with Crippen LogP contribution in [0.4, 0.5) is 0 Å². The van der Waals surface area contributed by atoms with Gasteiger partial charge in [0, 0.05) is 11.1 Å². The summed E-state index contributed by atoms with van der Waals surface area (Å²) in [6.45, 7) is 0. The number of methoxy groups -OCH3 is 1. The van der Waals surface area contributed by atoms with Crippen LogP contribution in [0.3, 0.4) is 0 Å². The molecule has 2 rings (SSSR count). The van der Waals surface area contributed by atoms with E-state index in [4.69, 9.17) is 9.94 Å². The number of rotatable bonds is 4. The fourth-order valence-corrected chi connectivity index (χ4v) is 1.71. The summed E-state index contributed by atoms with van der Waals surface area (Å²) in [7, 11) is 1.56. The third kappa shape index (κ3) is 2.80. The van der Waals surface area contributed by atoms with Crippen LogP contribution in [0, 0.1) is 0 Å². The number of ketones is 1. The number of Topliss-reactive ketones (excluding diaryl/α,β-unsaturated/α-hetero) is 1. The monoisotopic (exact) mass is 255 g/mol. The number of hydrogen-bond acceptors (Lipinski definition) is 4. The molecule has 19 heavy (non-hydrogen) atoms. The van der Waals surface area contributed by atoms with Crippen LogP contribution in [-0.4, -0.2) is 23.8 Å². The lowest BCUT2D eigenvalue weighted by Crippen LogP contribution is -2.15. The fraction of sp³-hybridized carbons (Fsp3) is 0.0667. The van der Waals surface area contributed by atoms with Gasteiger partial charge < -0.3 is 9.94 Å². The molecule has 4 nitrogen and oxygen atoms in total. The minimum absolute atomic E-state index is 0.0192. The summed E-state index contributed by atoms with van der Waals surface area (Å²) in [5.74, 6) is 0.329. The van der Waals surface area contributed by atoms with Crippen molar-refractivity contribution in [3.8, 4) is 5.75 Å². The Kier molecular flexibility index (Phi) is 3.93. The Morgan fingerprint density at radius 1 is 1.00 bits per heavy atom. The van der Waals surface area contributed by atoms with Gasteiger partial charge in [-0.1, -0.05) is 35.5 Å². The van der Waals surface area contributed by atoms with Crippen LogP contribution in [0.1, 0.15) is 15.9 Å². The van der Waals surface area contributed by atoms with Gasteiger partial charge in [0.1, 0.15) is 5.75 Å². The highest BCUT2D eigenvalue weighted by Gasteiger charge is 2.16. The largest absolute Gasteiger partial charge is 0.497 e. The van der Waals surface area contributed by atoms with Crippen molar-refractivity contribution in [1.29, 1.82) is 0 Å². The van der Waals surface area contributed by atoms with Crippen LogP contribution in [0.15, 0.2) is 59.8 Å². The highest BCUT2D eigenvalue weighted by Crippen LogP contribution is 2.14. The molecule has 2 aromatic carbocycles. The number of carbonyl (C=O) groups excluding carboxylic acids is 1. The van der Waals surface area contributed by atoms with Gasteiger partial charge in [0.05, 0.1) is 7.11 Å². The molecular weight excluding hydrogens is 242 g/mol. The predicted octanol–water partition coefficient (Wildman–Crippen LogP) is 2.76. The molecule has 0 spiro atoms. The molecule has 0 amide bonds. The van der Waals surface area contributed by atoms with E-state index in [0.29, 0.717) is 16.9 Å². The molecule has 0 aliphatic heterocycles. The maximum atomic E-state index is 12.2. The molecule has 0 fully saturated rings. The first-order valence-electron chi connectivity index (χ1n) is 5.72. The Morgan fingerprint density at radius 2 is 1.63 bits per heavy atom. The van der Waals surface area contributed by atoms with E-state index in [1.165, 1.54) is 0 Å². The maximum Gasteiger partial charge on any atom is 0.215 e. The molecule has 0 aromatic heterocycles. The topological polar surface area (TPSA) is 58.9 Å². The van der Waals surface area contributed by atoms with Crippen molar-refractivity contribution in [3.05, 3.63) is 65.7 Å². The third-order valence-corrected chi connectivity index (χ3v) is 2.71. The highest BCUT2D eigenvalue weighted by molar-refractivity contribution is 6.51. The van der Waals surface area contributed by atoms with Crippen LogP contribution < -0.4 is 4.74 Å². The number of nitrogens with zero attached hydrogens (tertiary/aromatic N) is 1. The third-order valence-electron chi connectivity index (χ3n) is 2.71. The highest BCUT2D eigenvalue weighted by atomic mass is 16.5. The molecule has 0 saturated carbocycles. The molecule has 0 heterocycles. The number of hydrogen-bond donors (Lipinski definition) is 1. The summed E-state index contributed by atoms with van der Waals surface area (Å²) >= 11 is 0. The van der Waals surface area contributed by atoms with Gasteiger partial charge in [0.2, 0.25) is 5.78 Å². The smallest absolute Gasteiger partial charge is 0.215 e. The standard InChI is InChI=1S/C15H13NO3/c1-19-13-9-7-12(8-10-13)15(17)14(16-18)11-5-3-2-4-6-11/h2-10,18H,1H3. The Labute approximate surface area is 111 Å². The number of benzene rings is 2. The predicted molar refractivity (Wildman–Crippen MR) is 72.1 cm³/mol. The maximum absolute atomic E-state index is 12.2. The molecule has 0 aliphatic rings. The summed E-state index contributed by atoms with van der Waals surface area (Å²) in [5.41, 5.74) is 1.04. The SMILES string of the molecule is COc1ccc(C(=O)C(=NO)c2ccccc2)cc1. The zero-order chi connectivity index (χ0) is 13.7. The average Bonchev–Trinajstić information content (AvgIpc) is 2.49. The molecule has 2 aromatic rings. The van der Waals surface area contributed by atoms with Crippen molar-refractivity contribution >= 4 is 11.5 Å². The second kappa shape index (κ2) is 5.82. The van der Waals surface area contributed by atoms with Gasteiger partial charge in [0.25, 0.3) is 0 Å². The molecule has 0 radical (unpaired) electrons. The van der Waals surface area contributed by atoms with E-state index in [0.717, 1.165) is 0 Å². The molecule has 0 bridgehead atoms. The molecular formula is C15H13NO3. The first-order chi connectivity index (χ1) is 9.26. The van der Waals surface area contributed by atoms with Crippen molar-refractivity contribution in [2.75, 3.05) is 7.11 Å². The van der Waals surface area contributed by atoms with Crippen LogP contribution >= 0.6 is 0 Å².